The van der Waals surface area contributed by atoms with E-state index in [0.717, 1.165) is 43.9 Å². The number of hydrogen-bond donors (Lipinski definition) is 2. The minimum absolute atomic E-state index is 0.0212. The molecule has 3 rings (SSSR count). The summed E-state index contributed by atoms with van der Waals surface area (Å²) >= 11 is 0. The van der Waals surface area contributed by atoms with Gasteiger partial charge in [0, 0.05) is 31.7 Å². The molecule has 1 fully saturated rings. The molecule has 1 heterocycles. The number of carboxylic acid groups (broad SMARTS) is 1. The van der Waals surface area contributed by atoms with Gasteiger partial charge in [-0.3, -0.25) is 0 Å². The molecule has 0 atom stereocenters. The Hall–Kier alpha value is -2.37. The van der Waals surface area contributed by atoms with E-state index in [4.69, 9.17) is 14.6 Å². The van der Waals surface area contributed by atoms with Gasteiger partial charge in [0.1, 0.15) is 5.75 Å². The van der Waals surface area contributed by atoms with Crippen molar-refractivity contribution in [3.63, 3.8) is 0 Å². The molecule has 0 saturated carbocycles. The Morgan fingerprint density at radius 3 is 2.59 bits per heavy atom. The van der Waals surface area contributed by atoms with Crippen LogP contribution in [0.5, 0.6) is 5.75 Å². The van der Waals surface area contributed by atoms with Gasteiger partial charge in [-0.15, -0.1) is 0 Å². The van der Waals surface area contributed by atoms with Crippen LogP contribution >= 0.6 is 0 Å². The first-order valence-corrected chi connectivity index (χ1v) is 9.47. The third-order valence-corrected chi connectivity index (χ3v) is 5.19. The van der Waals surface area contributed by atoms with Gasteiger partial charge < -0.3 is 19.9 Å². The van der Waals surface area contributed by atoms with Gasteiger partial charge in [-0.2, -0.15) is 0 Å². The van der Waals surface area contributed by atoms with Crippen molar-refractivity contribution in [3.8, 4) is 5.75 Å². The van der Waals surface area contributed by atoms with E-state index in [1.807, 2.05) is 25.1 Å². The number of benzene rings is 2. The van der Waals surface area contributed by atoms with E-state index in [2.05, 4.69) is 17.4 Å². The summed E-state index contributed by atoms with van der Waals surface area (Å²) < 4.78 is 11.2. The number of nitrogens with one attached hydrogen (secondary N) is 1. The molecule has 144 valence electrons. The first-order chi connectivity index (χ1) is 13.1. The normalized spacial score (nSPS) is 16.0. The SMILES string of the molecule is CCOc1ccc(C2(CNCc3cccc(C(=O)O)c3)CCOCC2)cc1. The minimum Gasteiger partial charge on any atom is -0.494 e. The lowest BCUT2D eigenvalue weighted by Crippen LogP contribution is -2.42. The maximum atomic E-state index is 11.1. The Balaban J connectivity index is 1.69. The topological polar surface area (TPSA) is 67.8 Å². The van der Waals surface area contributed by atoms with Gasteiger partial charge in [0.2, 0.25) is 0 Å². The molecule has 2 aromatic carbocycles. The Morgan fingerprint density at radius 1 is 1.19 bits per heavy atom. The van der Waals surface area contributed by atoms with Crippen LogP contribution in [0, 0.1) is 0 Å². The average Bonchev–Trinajstić information content (AvgIpc) is 2.70. The summed E-state index contributed by atoms with van der Waals surface area (Å²) in [6.07, 6.45) is 1.92. The smallest absolute Gasteiger partial charge is 0.335 e. The number of ether oxygens (including phenoxy) is 2. The molecule has 1 saturated heterocycles. The van der Waals surface area contributed by atoms with E-state index < -0.39 is 5.97 Å². The first kappa shape index (κ1) is 19.4. The zero-order valence-corrected chi connectivity index (χ0v) is 15.7. The van der Waals surface area contributed by atoms with Gasteiger partial charge in [0.15, 0.2) is 0 Å². The Kier molecular flexibility index (Phi) is 6.48. The molecule has 0 aromatic heterocycles. The van der Waals surface area contributed by atoms with Crippen molar-refractivity contribution in [2.75, 3.05) is 26.4 Å². The van der Waals surface area contributed by atoms with E-state index in [1.165, 1.54) is 5.56 Å². The van der Waals surface area contributed by atoms with Crippen molar-refractivity contribution in [1.82, 2.24) is 5.32 Å². The van der Waals surface area contributed by atoms with Crippen LogP contribution in [0.1, 0.15) is 41.3 Å². The predicted molar refractivity (Wildman–Crippen MR) is 104 cm³/mol. The van der Waals surface area contributed by atoms with Gasteiger partial charge in [0.25, 0.3) is 0 Å². The summed E-state index contributed by atoms with van der Waals surface area (Å²) in [7, 11) is 0. The fourth-order valence-corrected chi connectivity index (χ4v) is 3.66. The first-order valence-electron chi connectivity index (χ1n) is 9.47. The molecule has 0 radical (unpaired) electrons. The molecule has 27 heavy (non-hydrogen) atoms. The average molecular weight is 369 g/mol. The molecule has 5 nitrogen and oxygen atoms in total. The van der Waals surface area contributed by atoms with Crippen LogP contribution < -0.4 is 10.1 Å². The lowest BCUT2D eigenvalue weighted by Gasteiger charge is -2.38. The molecule has 1 aliphatic rings. The molecule has 0 amide bonds. The monoisotopic (exact) mass is 369 g/mol. The quantitative estimate of drug-likeness (QED) is 0.744. The summed E-state index contributed by atoms with van der Waals surface area (Å²) in [5.74, 6) is -0.00552. The lowest BCUT2D eigenvalue weighted by atomic mass is 9.74. The second-order valence-corrected chi connectivity index (χ2v) is 6.96. The fraction of sp³-hybridized carbons (Fsp3) is 0.409. The van der Waals surface area contributed by atoms with E-state index >= 15 is 0 Å². The Bertz CT molecular complexity index is 751. The van der Waals surface area contributed by atoms with Gasteiger partial charge >= 0.3 is 5.97 Å². The van der Waals surface area contributed by atoms with E-state index in [9.17, 15) is 4.79 Å². The van der Waals surface area contributed by atoms with Crippen molar-refractivity contribution in [3.05, 3.63) is 65.2 Å². The Morgan fingerprint density at radius 2 is 1.93 bits per heavy atom. The van der Waals surface area contributed by atoms with Gasteiger partial charge in [-0.05, 0) is 55.2 Å². The summed E-state index contributed by atoms with van der Waals surface area (Å²) in [4.78, 5) is 11.1. The summed E-state index contributed by atoms with van der Waals surface area (Å²) in [5.41, 5.74) is 2.61. The van der Waals surface area contributed by atoms with Crippen LogP contribution in [-0.4, -0.2) is 37.4 Å². The van der Waals surface area contributed by atoms with Crippen LogP contribution in [0.3, 0.4) is 0 Å². The predicted octanol–water partition coefficient (Wildman–Crippen LogP) is 3.62. The van der Waals surface area contributed by atoms with Crippen LogP contribution in [-0.2, 0) is 16.7 Å². The van der Waals surface area contributed by atoms with Crippen molar-refractivity contribution < 1.29 is 19.4 Å². The largest absolute Gasteiger partial charge is 0.494 e. The van der Waals surface area contributed by atoms with Crippen LogP contribution in [0.4, 0.5) is 0 Å². The molecule has 1 aliphatic heterocycles. The number of carboxylic acids is 1. The fourth-order valence-electron chi connectivity index (χ4n) is 3.66. The molecule has 2 N–H and O–H groups in total. The van der Waals surface area contributed by atoms with Crippen molar-refractivity contribution in [1.29, 1.82) is 0 Å². The highest BCUT2D eigenvalue weighted by Gasteiger charge is 2.34. The maximum Gasteiger partial charge on any atom is 0.335 e. The zero-order valence-electron chi connectivity index (χ0n) is 15.7. The molecular formula is C22H27NO4. The number of hydrogen-bond acceptors (Lipinski definition) is 4. The molecule has 5 heteroatoms. The molecule has 0 unspecified atom stereocenters. The zero-order chi connectivity index (χ0) is 19.1. The van der Waals surface area contributed by atoms with Crippen LogP contribution in [0.2, 0.25) is 0 Å². The van der Waals surface area contributed by atoms with Gasteiger partial charge in [-0.25, -0.2) is 4.79 Å². The van der Waals surface area contributed by atoms with E-state index in [-0.39, 0.29) is 5.41 Å². The Labute approximate surface area is 160 Å². The lowest BCUT2D eigenvalue weighted by molar-refractivity contribution is 0.0497. The molecule has 0 aliphatic carbocycles. The minimum atomic E-state index is -0.896. The second-order valence-electron chi connectivity index (χ2n) is 6.96. The molecular weight excluding hydrogens is 342 g/mol. The van der Waals surface area contributed by atoms with Crippen molar-refractivity contribution in [2.24, 2.45) is 0 Å². The number of carbonyl (C=O) groups is 1. The summed E-state index contributed by atoms with van der Waals surface area (Å²) in [6.45, 7) is 5.61. The highest BCUT2D eigenvalue weighted by atomic mass is 16.5. The highest BCUT2D eigenvalue weighted by molar-refractivity contribution is 5.87. The van der Waals surface area contributed by atoms with Crippen molar-refractivity contribution in [2.45, 2.75) is 31.7 Å². The van der Waals surface area contributed by atoms with Crippen molar-refractivity contribution >= 4 is 5.97 Å². The number of rotatable bonds is 8. The molecule has 0 spiro atoms. The van der Waals surface area contributed by atoms with Gasteiger partial charge in [-0.1, -0.05) is 24.3 Å². The highest BCUT2D eigenvalue weighted by Crippen LogP contribution is 2.35. The maximum absolute atomic E-state index is 11.1. The molecule has 2 aromatic rings. The third-order valence-electron chi connectivity index (χ3n) is 5.19. The third kappa shape index (κ3) is 4.87. The van der Waals surface area contributed by atoms with Gasteiger partial charge in [0.05, 0.1) is 12.2 Å². The van der Waals surface area contributed by atoms with Crippen LogP contribution in [0.25, 0.3) is 0 Å². The standard InChI is InChI=1S/C22H27NO4/c1-2-27-20-8-6-19(7-9-20)22(10-12-26-13-11-22)16-23-15-17-4-3-5-18(14-17)21(24)25/h3-9,14,23H,2,10-13,15-16H2,1H3,(H,24,25). The summed E-state index contributed by atoms with van der Waals surface area (Å²) in [5, 5.41) is 12.7. The molecule has 0 bridgehead atoms. The van der Waals surface area contributed by atoms with E-state index in [1.54, 1.807) is 18.2 Å². The van der Waals surface area contributed by atoms with E-state index in [0.29, 0.717) is 18.7 Å². The van der Waals surface area contributed by atoms with Crippen LogP contribution in [0.15, 0.2) is 48.5 Å². The second kappa shape index (κ2) is 9.02. The number of aromatic carboxylic acids is 1. The summed E-state index contributed by atoms with van der Waals surface area (Å²) in [6, 6.07) is 15.5.